The summed E-state index contributed by atoms with van der Waals surface area (Å²) < 4.78 is 12.9. The van der Waals surface area contributed by atoms with Crippen molar-refractivity contribution in [1.82, 2.24) is 5.32 Å². The molecule has 1 fully saturated rings. The molecule has 0 heterocycles. The van der Waals surface area contributed by atoms with Crippen LogP contribution in [0.15, 0.2) is 24.3 Å². The van der Waals surface area contributed by atoms with Gasteiger partial charge in [0.05, 0.1) is 0 Å². The first kappa shape index (κ1) is 13.0. The van der Waals surface area contributed by atoms with Crippen molar-refractivity contribution in [2.75, 3.05) is 13.1 Å². The number of hydrogen-bond acceptors (Lipinski definition) is 2. The smallest absolute Gasteiger partial charge is 0.224 e. The minimum atomic E-state index is -0.227. The van der Waals surface area contributed by atoms with E-state index < -0.39 is 0 Å². The zero-order valence-electron chi connectivity index (χ0n) is 10.6. The summed E-state index contributed by atoms with van der Waals surface area (Å²) in [5.41, 5.74) is 6.57. The molecule has 1 aromatic carbocycles. The van der Waals surface area contributed by atoms with Crippen molar-refractivity contribution in [2.24, 2.45) is 11.7 Å². The Balaban J connectivity index is 1.96. The van der Waals surface area contributed by atoms with Gasteiger partial charge in [-0.25, -0.2) is 4.39 Å². The Morgan fingerprint density at radius 3 is 2.56 bits per heavy atom. The van der Waals surface area contributed by atoms with Crippen LogP contribution < -0.4 is 11.1 Å². The monoisotopic (exact) mass is 250 g/mol. The Morgan fingerprint density at radius 1 is 1.44 bits per heavy atom. The van der Waals surface area contributed by atoms with Crippen molar-refractivity contribution in [1.29, 1.82) is 0 Å². The number of hydrogen-bond donors (Lipinski definition) is 2. The Morgan fingerprint density at radius 2 is 2.06 bits per heavy atom. The molecule has 3 nitrogen and oxygen atoms in total. The summed E-state index contributed by atoms with van der Waals surface area (Å²) in [6.45, 7) is 2.78. The van der Waals surface area contributed by atoms with E-state index >= 15 is 0 Å². The molecule has 0 radical (unpaired) electrons. The van der Waals surface area contributed by atoms with Gasteiger partial charge in [0.25, 0.3) is 0 Å². The van der Waals surface area contributed by atoms with Crippen molar-refractivity contribution >= 4 is 5.91 Å². The van der Waals surface area contributed by atoms with E-state index in [4.69, 9.17) is 5.73 Å². The Hall–Kier alpha value is -1.42. The molecule has 1 aliphatic carbocycles. The molecule has 0 saturated heterocycles. The zero-order chi connectivity index (χ0) is 13.2. The van der Waals surface area contributed by atoms with Crippen molar-refractivity contribution in [2.45, 2.75) is 25.2 Å². The molecule has 1 unspecified atom stereocenters. The number of amides is 1. The van der Waals surface area contributed by atoms with E-state index in [0.29, 0.717) is 13.1 Å². The van der Waals surface area contributed by atoms with Crippen molar-refractivity contribution in [3.05, 3.63) is 35.6 Å². The molecule has 4 heteroatoms. The predicted molar refractivity (Wildman–Crippen MR) is 68.5 cm³/mol. The van der Waals surface area contributed by atoms with Gasteiger partial charge in [0.15, 0.2) is 0 Å². The average molecular weight is 250 g/mol. The zero-order valence-corrected chi connectivity index (χ0v) is 10.6. The van der Waals surface area contributed by atoms with Gasteiger partial charge in [0, 0.05) is 24.4 Å². The Bertz CT molecular complexity index is 426. The molecule has 1 saturated carbocycles. The molecule has 0 aliphatic heterocycles. The number of rotatable bonds is 5. The molecule has 1 amide bonds. The fourth-order valence-electron chi connectivity index (χ4n) is 2.06. The van der Waals surface area contributed by atoms with Crippen molar-refractivity contribution in [3.8, 4) is 0 Å². The van der Waals surface area contributed by atoms with Crippen LogP contribution >= 0.6 is 0 Å². The van der Waals surface area contributed by atoms with Crippen molar-refractivity contribution in [3.63, 3.8) is 0 Å². The minimum absolute atomic E-state index is 0.00844. The molecule has 0 bridgehead atoms. The van der Waals surface area contributed by atoms with E-state index in [1.807, 2.05) is 6.92 Å². The van der Waals surface area contributed by atoms with E-state index in [0.717, 1.165) is 18.4 Å². The highest BCUT2D eigenvalue weighted by Crippen LogP contribution is 2.47. The second-order valence-electron chi connectivity index (χ2n) is 5.14. The van der Waals surface area contributed by atoms with E-state index in [1.54, 1.807) is 12.1 Å². The number of carbonyl (C=O) groups is 1. The predicted octanol–water partition coefficient (Wildman–Crippen LogP) is 1.57. The Kier molecular flexibility index (Phi) is 3.66. The van der Waals surface area contributed by atoms with E-state index in [9.17, 15) is 9.18 Å². The number of nitrogens with one attached hydrogen (secondary N) is 1. The second kappa shape index (κ2) is 5.06. The molecular weight excluding hydrogens is 231 g/mol. The van der Waals surface area contributed by atoms with Crippen LogP contribution in [0.4, 0.5) is 4.39 Å². The maximum absolute atomic E-state index is 12.9. The lowest BCUT2D eigenvalue weighted by Gasteiger charge is -2.18. The van der Waals surface area contributed by atoms with Gasteiger partial charge >= 0.3 is 0 Å². The third-order valence-electron chi connectivity index (χ3n) is 3.71. The molecule has 1 aliphatic rings. The summed E-state index contributed by atoms with van der Waals surface area (Å²) in [6.07, 6.45) is 2.08. The summed E-state index contributed by atoms with van der Waals surface area (Å²) in [7, 11) is 0. The highest BCUT2D eigenvalue weighted by molar-refractivity contribution is 5.78. The van der Waals surface area contributed by atoms with Gasteiger partial charge in [-0.3, -0.25) is 4.79 Å². The first-order chi connectivity index (χ1) is 8.57. The highest BCUT2D eigenvalue weighted by Gasteiger charge is 2.44. The summed E-state index contributed by atoms with van der Waals surface area (Å²) in [5.74, 6) is -0.393. The van der Waals surface area contributed by atoms with Gasteiger partial charge in [0.1, 0.15) is 5.82 Å². The van der Waals surface area contributed by atoms with Gasteiger partial charge in [-0.15, -0.1) is 0 Å². The van der Waals surface area contributed by atoms with Gasteiger partial charge in [-0.05, 0) is 30.5 Å². The lowest BCUT2D eigenvalue weighted by atomic mass is 9.95. The lowest BCUT2D eigenvalue weighted by molar-refractivity contribution is -0.124. The van der Waals surface area contributed by atoms with Gasteiger partial charge in [-0.1, -0.05) is 19.1 Å². The molecule has 3 N–H and O–H groups in total. The van der Waals surface area contributed by atoms with Gasteiger partial charge in [0.2, 0.25) is 5.91 Å². The van der Waals surface area contributed by atoms with E-state index in [2.05, 4.69) is 5.32 Å². The summed E-state index contributed by atoms with van der Waals surface area (Å²) in [5, 5.41) is 2.94. The minimum Gasteiger partial charge on any atom is -0.355 e. The van der Waals surface area contributed by atoms with Crippen LogP contribution in [-0.4, -0.2) is 19.0 Å². The molecule has 2 rings (SSSR count). The fourth-order valence-corrected chi connectivity index (χ4v) is 2.06. The van der Waals surface area contributed by atoms with Crippen LogP contribution in [0, 0.1) is 11.7 Å². The molecule has 0 spiro atoms. The van der Waals surface area contributed by atoms with Crippen LogP contribution in [0.5, 0.6) is 0 Å². The number of halogens is 1. The van der Waals surface area contributed by atoms with Gasteiger partial charge in [-0.2, -0.15) is 0 Å². The van der Waals surface area contributed by atoms with Crippen LogP contribution in [0.2, 0.25) is 0 Å². The molecular formula is C14H19FN2O. The molecule has 0 aromatic heterocycles. The molecule has 98 valence electrons. The van der Waals surface area contributed by atoms with Crippen molar-refractivity contribution < 1.29 is 9.18 Å². The standard InChI is InChI=1S/C14H19FN2O/c1-10(8-16)13(18)17-9-14(6-7-14)11-2-4-12(15)5-3-11/h2-5,10H,6-9,16H2,1H3,(H,17,18). The fraction of sp³-hybridized carbons (Fsp3) is 0.500. The summed E-state index contributed by atoms with van der Waals surface area (Å²) >= 11 is 0. The lowest BCUT2D eigenvalue weighted by Crippen LogP contribution is -2.38. The molecule has 1 aromatic rings. The third-order valence-corrected chi connectivity index (χ3v) is 3.71. The largest absolute Gasteiger partial charge is 0.355 e. The number of carbonyl (C=O) groups excluding carboxylic acids is 1. The van der Waals surface area contributed by atoms with E-state index in [-0.39, 0.29) is 23.1 Å². The first-order valence-corrected chi connectivity index (χ1v) is 6.31. The topological polar surface area (TPSA) is 55.1 Å². The van der Waals surface area contributed by atoms with Crippen LogP contribution in [-0.2, 0) is 10.2 Å². The van der Waals surface area contributed by atoms with Crippen LogP contribution in [0.3, 0.4) is 0 Å². The van der Waals surface area contributed by atoms with Crippen LogP contribution in [0.1, 0.15) is 25.3 Å². The van der Waals surface area contributed by atoms with Gasteiger partial charge < -0.3 is 11.1 Å². The highest BCUT2D eigenvalue weighted by atomic mass is 19.1. The third kappa shape index (κ3) is 2.70. The molecule has 18 heavy (non-hydrogen) atoms. The maximum Gasteiger partial charge on any atom is 0.224 e. The quantitative estimate of drug-likeness (QED) is 0.833. The Labute approximate surface area is 107 Å². The average Bonchev–Trinajstić information content (AvgIpc) is 3.17. The SMILES string of the molecule is CC(CN)C(=O)NCC1(c2ccc(F)cc2)CC1. The maximum atomic E-state index is 12.9. The van der Waals surface area contributed by atoms with E-state index in [1.165, 1.54) is 12.1 Å². The number of benzene rings is 1. The summed E-state index contributed by atoms with van der Waals surface area (Å²) in [4.78, 5) is 11.7. The number of nitrogens with two attached hydrogens (primary N) is 1. The molecule has 1 atom stereocenters. The first-order valence-electron chi connectivity index (χ1n) is 6.31. The normalized spacial score (nSPS) is 18.2. The second-order valence-corrected chi connectivity index (χ2v) is 5.14. The summed E-state index contributed by atoms with van der Waals surface area (Å²) in [6, 6.07) is 6.56. The van der Waals surface area contributed by atoms with Crippen LogP contribution in [0.25, 0.3) is 0 Å².